The van der Waals surface area contributed by atoms with Gasteiger partial charge in [0.15, 0.2) is 5.70 Å². The van der Waals surface area contributed by atoms with Crippen molar-refractivity contribution < 1.29 is 4.79 Å². The minimum Gasteiger partial charge on any atom is -0.364 e. The largest absolute Gasteiger partial charge is 0.364 e. The summed E-state index contributed by atoms with van der Waals surface area (Å²) in [7, 11) is 0. The maximum absolute atomic E-state index is 10.6. The molecular weight excluding hydrogens is 142 g/mol. The van der Waals surface area contributed by atoms with Crippen molar-refractivity contribution in [2.75, 3.05) is 0 Å². The van der Waals surface area contributed by atoms with Crippen molar-refractivity contribution >= 4 is 5.91 Å². The zero-order valence-electron chi connectivity index (χ0n) is 5.77. The molecule has 1 amide bonds. The Morgan fingerprint density at radius 3 is 2.91 bits per heavy atom. The lowest BCUT2D eigenvalue weighted by molar-refractivity contribution is -0.114. The van der Waals surface area contributed by atoms with Crippen molar-refractivity contribution in [2.24, 2.45) is 16.0 Å². The van der Waals surface area contributed by atoms with Crippen LogP contribution in [0, 0.1) is 0 Å². The lowest BCUT2D eigenvalue weighted by Gasteiger charge is -1.91. The van der Waals surface area contributed by atoms with Crippen molar-refractivity contribution in [3.63, 3.8) is 0 Å². The van der Waals surface area contributed by atoms with E-state index < -0.39 is 5.91 Å². The lowest BCUT2D eigenvalue weighted by Crippen LogP contribution is -2.12. The van der Waals surface area contributed by atoms with E-state index in [2.05, 4.69) is 10.2 Å². The van der Waals surface area contributed by atoms with E-state index in [1.54, 1.807) is 18.2 Å². The number of nitrogens with zero attached hydrogens (tertiary/aromatic N) is 2. The van der Waals surface area contributed by atoms with Crippen molar-refractivity contribution in [3.05, 3.63) is 36.2 Å². The zero-order valence-corrected chi connectivity index (χ0v) is 5.77. The maximum Gasteiger partial charge on any atom is 0.269 e. The smallest absolute Gasteiger partial charge is 0.269 e. The summed E-state index contributed by atoms with van der Waals surface area (Å²) in [6, 6.07) is 0. The highest BCUT2D eigenvalue weighted by molar-refractivity contribution is 5.91. The van der Waals surface area contributed by atoms with Gasteiger partial charge in [0.2, 0.25) is 0 Å². The van der Waals surface area contributed by atoms with Crippen molar-refractivity contribution in [3.8, 4) is 0 Å². The van der Waals surface area contributed by atoms with Crippen LogP contribution in [0.2, 0.25) is 0 Å². The summed E-state index contributed by atoms with van der Waals surface area (Å²) in [5.74, 6) is -0.575. The Morgan fingerprint density at radius 2 is 2.18 bits per heavy atom. The van der Waals surface area contributed by atoms with Gasteiger partial charge in [0.25, 0.3) is 5.91 Å². The van der Waals surface area contributed by atoms with E-state index in [0.717, 1.165) is 0 Å². The van der Waals surface area contributed by atoms with E-state index in [4.69, 9.17) is 5.73 Å². The molecule has 0 aromatic carbocycles. The van der Waals surface area contributed by atoms with Crippen LogP contribution in [0.1, 0.15) is 0 Å². The van der Waals surface area contributed by atoms with Gasteiger partial charge in [-0.2, -0.15) is 5.11 Å². The van der Waals surface area contributed by atoms with Crippen LogP contribution < -0.4 is 5.73 Å². The molecule has 0 aromatic heterocycles. The predicted octanol–water partition coefficient (Wildman–Crippen LogP) is 0.891. The molecule has 0 atom stereocenters. The van der Waals surface area contributed by atoms with Gasteiger partial charge in [-0.1, -0.05) is 12.2 Å². The number of hydrogen-bond donors (Lipinski definition) is 1. The average molecular weight is 149 g/mol. The van der Waals surface area contributed by atoms with Crippen molar-refractivity contribution in [1.82, 2.24) is 0 Å². The molecule has 56 valence electrons. The van der Waals surface area contributed by atoms with Gasteiger partial charge < -0.3 is 5.73 Å². The molecule has 11 heavy (non-hydrogen) atoms. The molecule has 0 aliphatic carbocycles. The number of azo groups is 1. The maximum atomic E-state index is 10.6. The molecule has 1 rings (SSSR count). The Hall–Kier alpha value is -1.71. The van der Waals surface area contributed by atoms with Gasteiger partial charge in [-0.25, -0.2) is 0 Å². The number of carbonyl (C=O) groups excluding carboxylic acids is 1. The minimum atomic E-state index is -0.575. The Bertz CT molecular complexity index is 273. The number of nitrogens with two attached hydrogens (primary N) is 1. The number of primary amides is 1. The van der Waals surface area contributed by atoms with Crippen LogP contribution in [0.5, 0.6) is 0 Å². The first-order chi connectivity index (χ1) is 5.30. The first kappa shape index (κ1) is 7.40. The molecule has 0 saturated carbocycles. The molecule has 4 heteroatoms. The molecule has 0 aromatic rings. The van der Waals surface area contributed by atoms with E-state index >= 15 is 0 Å². The van der Waals surface area contributed by atoms with Gasteiger partial charge in [0, 0.05) is 6.20 Å². The van der Waals surface area contributed by atoms with Crippen molar-refractivity contribution in [1.29, 1.82) is 0 Å². The molecule has 0 spiro atoms. The number of carbonyl (C=O) groups is 1. The Morgan fingerprint density at radius 1 is 1.36 bits per heavy atom. The second-order valence-electron chi connectivity index (χ2n) is 1.86. The van der Waals surface area contributed by atoms with Crippen LogP contribution in [0.4, 0.5) is 0 Å². The molecule has 1 aliphatic heterocycles. The molecule has 0 unspecified atom stereocenters. The standard InChI is InChI=1S/C7H7N3O/c8-7(11)6-4-2-1-3-5-9-10-6/h1-5H,(H2,8,11)/b2-1-,3-1?,4-2?,5-3-,6-4-,9-5?,10-6?,10-9-. The second kappa shape index (κ2) is 3.46. The van der Waals surface area contributed by atoms with Crippen LogP contribution in [-0.4, -0.2) is 5.91 Å². The minimum absolute atomic E-state index is 0.158. The van der Waals surface area contributed by atoms with E-state index in [1.807, 2.05) is 0 Å². The molecule has 0 fully saturated rings. The second-order valence-corrected chi connectivity index (χ2v) is 1.86. The fraction of sp³-hybridized carbons (Fsp3) is 0. The molecule has 1 heterocycles. The first-order valence-electron chi connectivity index (χ1n) is 3.05. The third-order valence-electron chi connectivity index (χ3n) is 1.05. The average Bonchev–Trinajstić information content (AvgIpc) is 1.84. The highest BCUT2D eigenvalue weighted by Crippen LogP contribution is 2.00. The number of hydrogen-bond acceptors (Lipinski definition) is 3. The summed E-state index contributed by atoms with van der Waals surface area (Å²) < 4.78 is 0. The SMILES string of the molecule is NC(=O)C1=C/C=C\C=C/N=N\1. The fourth-order valence-corrected chi connectivity index (χ4v) is 0.559. The number of amides is 1. The van der Waals surface area contributed by atoms with Gasteiger partial charge >= 0.3 is 0 Å². The summed E-state index contributed by atoms with van der Waals surface area (Å²) in [5.41, 5.74) is 5.13. The lowest BCUT2D eigenvalue weighted by atomic mass is 10.3. The molecule has 2 N–H and O–H groups in total. The molecular formula is C7H7N3O. The summed E-state index contributed by atoms with van der Waals surface area (Å²) in [5, 5.41) is 7.11. The van der Waals surface area contributed by atoms with Crippen LogP contribution in [0.25, 0.3) is 0 Å². The molecule has 0 saturated heterocycles. The van der Waals surface area contributed by atoms with E-state index in [1.165, 1.54) is 12.3 Å². The zero-order chi connectivity index (χ0) is 8.10. The Balaban J connectivity index is 2.87. The van der Waals surface area contributed by atoms with Crippen LogP contribution in [0.15, 0.2) is 46.4 Å². The Labute approximate surface area is 63.8 Å². The predicted molar refractivity (Wildman–Crippen MR) is 40.4 cm³/mol. The van der Waals surface area contributed by atoms with Crippen LogP contribution >= 0.6 is 0 Å². The monoisotopic (exact) mass is 149 g/mol. The van der Waals surface area contributed by atoms with Gasteiger partial charge in [-0.05, 0) is 12.2 Å². The van der Waals surface area contributed by atoms with E-state index in [-0.39, 0.29) is 5.70 Å². The molecule has 4 nitrogen and oxygen atoms in total. The van der Waals surface area contributed by atoms with E-state index in [0.29, 0.717) is 0 Å². The van der Waals surface area contributed by atoms with Gasteiger partial charge in [0.05, 0.1) is 0 Å². The van der Waals surface area contributed by atoms with Crippen LogP contribution in [0.3, 0.4) is 0 Å². The summed E-state index contributed by atoms with van der Waals surface area (Å²) in [6.07, 6.45) is 8.11. The normalized spacial score (nSPS) is 28.9. The van der Waals surface area contributed by atoms with Gasteiger partial charge in [0.1, 0.15) is 0 Å². The number of allylic oxidation sites excluding steroid dienone is 4. The summed E-state index contributed by atoms with van der Waals surface area (Å²) in [6.45, 7) is 0. The fourth-order valence-electron chi connectivity index (χ4n) is 0.559. The highest BCUT2D eigenvalue weighted by atomic mass is 16.1. The summed E-state index contributed by atoms with van der Waals surface area (Å²) in [4.78, 5) is 10.6. The summed E-state index contributed by atoms with van der Waals surface area (Å²) >= 11 is 0. The first-order valence-corrected chi connectivity index (χ1v) is 3.05. The number of rotatable bonds is 1. The molecule has 0 bridgehead atoms. The topological polar surface area (TPSA) is 67.8 Å². The van der Waals surface area contributed by atoms with Gasteiger partial charge in [-0.15, -0.1) is 5.11 Å². The van der Waals surface area contributed by atoms with E-state index in [9.17, 15) is 4.79 Å². The van der Waals surface area contributed by atoms with Gasteiger partial charge in [-0.3, -0.25) is 4.79 Å². The third-order valence-corrected chi connectivity index (χ3v) is 1.05. The molecule has 0 radical (unpaired) electrons. The molecule has 1 aliphatic rings. The van der Waals surface area contributed by atoms with Crippen LogP contribution in [-0.2, 0) is 4.79 Å². The Kier molecular flexibility index (Phi) is 2.32. The third kappa shape index (κ3) is 2.17. The highest BCUT2D eigenvalue weighted by Gasteiger charge is 2.00. The quantitative estimate of drug-likeness (QED) is 0.591. The van der Waals surface area contributed by atoms with Crippen molar-refractivity contribution in [2.45, 2.75) is 0 Å².